The summed E-state index contributed by atoms with van der Waals surface area (Å²) in [5, 5.41) is 6.42. The van der Waals surface area contributed by atoms with Crippen LogP contribution in [-0.4, -0.2) is 24.6 Å². The van der Waals surface area contributed by atoms with Crippen LogP contribution < -0.4 is 15.4 Å². The van der Waals surface area contributed by atoms with Crippen LogP contribution in [0.15, 0.2) is 24.3 Å². The van der Waals surface area contributed by atoms with Gasteiger partial charge in [-0.3, -0.25) is 4.79 Å². The lowest BCUT2D eigenvalue weighted by Gasteiger charge is -2.18. The minimum Gasteiger partial charge on any atom is -0.491 e. The van der Waals surface area contributed by atoms with Crippen molar-refractivity contribution in [2.45, 2.75) is 58.2 Å². The topological polar surface area (TPSA) is 50.4 Å². The molecule has 2 N–H and O–H groups in total. The van der Waals surface area contributed by atoms with Crippen molar-refractivity contribution < 1.29 is 9.53 Å². The van der Waals surface area contributed by atoms with Crippen molar-refractivity contribution in [3.63, 3.8) is 0 Å². The highest BCUT2D eigenvalue weighted by Crippen LogP contribution is 2.20. The summed E-state index contributed by atoms with van der Waals surface area (Å²) in [5.74, 6) is 0.957. The van der Waals surface area contributed by atoms with Crippen molar-refractivity contribution >= 4 is 18.3 Å². The van der Waals surface area contributed by atoms with E-state index in [0.717, 1.165) is 24.3 Å². The lowest BCUT2D eigenvalue weighted by Crippen LogP contribution is -2.33. The van der Waals surface area contributed by atoms with Crippen LogP contribution in [0.1, 0.15) is 51.6 Å². The van der Waals surface area contributed by atoms with Gasteiger partial charge < -0.3 is 15.4 Å². The van der Waals surface area contributed by atoms with E-state index < -0.39 is 0 Å². The van der Waals surface area contributed by atoms with Crippen LogP contribution in [0, 0.1) is 0 Å². The Morgan fingerprint density at radius 1 is 1.41 bits per heavy atom. The van der Waals surface area contributed by atoms with E-state index in [1.54, 1.807) is 0 Å². The van der Waals surface area contributed by atoms with Gasteiger partial charge in [-0.15, -0.1) is 12.4 Å². The Bertz CT molecular complexity index is 473. The number of hydrogen-bond donors (Lipinski definition) is 2. The molecule has 0 bridgehead atoms. The monoisotopic (exact) mass is 326 g/mol. The minimum absolute atomic E-state index is 0. The van der Waals surface area contributed by atoms with Crippen LogP contribution in [-0.2, 0) is 4.79 Å². The van der Waals surface area contributed by atoms with E-state index in [2.05, 4.69) is 10.6 Å². The van der Waals surface area contributed by atoms with E-state index in [4.69, 9.17) is 4.74 Å². The van der Waals surface area contributed by atoms with Crippen LogP contribution in [0.3, 0.4) is 0 Å². The first-order chi connectivity index (χ1) is 10.0. The molecule has 1 aromatic carbocycles. The third kappa shape index (κ3) is 5.85. The van der Waals surface area contributed by atoms with Gasteiger partial charge in [0, 0.05) is 12.5 Å². The van der Waals surface area contributed by atoms with E-state index in [-0.39, 0.29) is 30.5 Å². The first-order valence-corrected chi connectivity index (χ1v) is 7.84. The molecule has 2 atom stereocenters. The zero-order chi connectivity index (χ0) is 15.2. The highest BCUT2D eigenvalue weighted by molar-refractivity contribution is 5.85. The second-order valence-electron chi connectivity index (χ2n) is 6.03. The van der Waals surface area contributed by atoms with Gasteiger partial charge in [0.2, 0.25) is 5.91 Å². The predicted molar refractivity (Wildman–Crippen MR) is 91.7 cm³/mol. The van der Waals surface area contributed by atoms with Gasteiger partial charge in [-0.2, -0.15) is 0 Å². The first kappa shape index (κ1) is 18.8. The Morgan fingerprint density at radius 3 is 2.82 bits per heavy atom. The van der Waals surface area contributed by atoms with E-state index in [1.807, 2.05) is 45.0 Å². The van der Waals surface area contributed by atoms with Crippen LogP contribution >= 0.6 is 12.4 Å². The lowest BCUT2D eigenvalue weighted by atomic mass is 10.1. The molecule has 2 unspecified atom stereocenters. The number of ether oxygens (including phenoxy) is 1. The smallest absolute Gasteiger partial charge is 0.222 e. The summed E-state index contributed by atoms with van der Waals surface area (Å²) < 4.78 is 5.69. The van der Waals surface area contributed by atoms with Crippen molar-refractivity contribution in [3.8, 4) is 5.75 Å². The SMILES string of the molecule is CC(C)Oc1cccc(C(C)NC(=O)CC2CCCN2)c1.Cl. The summed E-state index contributed by atoms with van der Waals surface area (Å²) >= 11 is 0. The number of nitrogens with one attached hydrogen (secondary N) is 2. The summed E-state index contributed by atoms with van der Waals surface area (Å²) in [4.78, 5) is 12.1. The van der Waals surface area contributed by atoms with Crippen LogP contribution in [0.25, 0.3) is 0 Å². The number of rotatable bonds is 6. The molecule has 2 rings (SSSR count). The molecular formula is C17H27ClN2O2. The molecule has 4 nitrogen and oxygen atoms in total. The van der Waals surface area contributed by atoms with E-state index in [9.17, 15) is 4.79 Å². The highest BCUT2D eigenvalue weighted by Gasteiger charge is 2.19. The van der Waals surface area contributed by atoms with Crippen LogP contribution in [0.5, 0.6) is 5.75 Å². The van der Waals surface area contributed by atoms with Gasteiger partial charge in [0.1, 0.15) is 5.75 Å². The summed E-state index contributed by atoms with van der Waals surface area (Å²) in [6, 6.07) is 8.27. The first-order valence-electron chi connectivity index (χ1n) is 7.84. The number of amides is 1. The summed E-state index contributed by atoms with van der Waals surface area (Å²) in [6.45, 7) is 7.05. The van der Waals surface area contributed by atoms with Crippen molar-refractivity contribution in [1.82, 2.24) is 10.6 Å². The number of benzene rings is 1. The van der Waals surface area contributed by atoms with Gasteiger partial charge in [-0.1, -0.05) is 12.1 Å². The molecule has 0 aliphatic carbocycles. The normalized spacial score (nSPS) is 18.6. The quantitative estimate of drug-likeness (QED) is 0.844. The molecule has 0 aromatic heterocycles. The fraction of sp³-hybridized carbons (Fsp3) is 0.588. The van der Waals surface area contributed by atoms with E-state index >= 15 is 0 Å². The standard InChI is InChI=1S/C17H26N2O2.ClH/c1-12(2)21-16-8-4-6-14(10-16)13(3)19-17(20)11-15-7-5-9-18-15;/h4,6,8,10,12-13,15,18H,5,7,9,11H2,1-3H3,(H,19,20);1H. The van der Waals surface area contributed by atoms with Gasteiger partial charge in [-0.05, 0) is 57.9 Å². The molecule has 1 aromatic rings. The van der Waals surface area contributed by atoms with Crippen molar-refractivity contribution in [2.75, 3.05) is 6.54 Å². The lowest BCUT2D eigenvalue weighted by molar-refractivity contribution is -0.122. The molecular weight excluding hydrogens is 300 g/mol. The molecule has 1 saturated heterocycles. The Morgan fingerprint density at radius 2 is 2.18 bits per heavy atom. The Balaban J connectivity index is 0.00000242. The predicted octanol–water partition coefficient (Wildman–Crippen LogP) is 3.21. The largest absolute Gasteiger partial charge is 0.491 e. The molecule has 22 heavy (non-hydrogen) atoms. The zero-order valence-electron chi connectivity index (χ0n) is 13.6. The summed E-state index contributed by atoms with van der Waals surface area (Å²) in [5.41, 5.74) is 1.07. The molecule has 1 amide bonds. The average molecular weight is 327 g/mol. The Kier molecular flexibility index (Phi) is 7.69. The Labute approximate surface area is 139 Å². The molecule has 0 saturated carbocycles. The Hall–Kier alpha value is -1.26. The van der Waals surface area contributed by atoms with Crippen molar-refractivity contribution in [2.24, 2.45) is 0 Å². The molecule has 0 radical (unpaired) electrons. The maximum atomic E-state index is 12.1. The minimum atomic E-state index is -0.00499. The maximum Gasteiger partial charge on any atom is 0.222 e. The third-order valence-corrected chi connectivity index (χ3v) is 3.70. The molecule has 124 valence electrons. The van der Waals surface area contributed by atoms with Gasteiger partial charge in [0.25, 0.3) is 0 Å². The molecule has 0 spiro atoms. The molecule has 5 heteroatoms. The van der Waals surface area contributed by atoms with E-state index in [1.165, 1.54) is 6.42 Å². The van der Waals surface area contributed by atoms with Gasteiger partial charge in [0.15, 0.2) is 0 Å². The van der Waals surface area contributed by atoms with Crippen LogP contribution in [0.2, 0.25) is 0 Å². The second-order valence-corrected chi connectivity index (χ2v) is 6.03. The zero-order valence-corrected chi connectivity index (χ0v) is 14.4. The number of halogens is 1. The fourth-order valence-corrected chi connectivity index (χ4v) is 2.67. The van der Waals surface area contributed by atoms with Gasteiger partial charge in [-0.25, -0.2) is 0 Å². The van der Waals surface area contributed by atoms with Gasteiger partial charge >= 0.3 is 0 Å². The number of hydrogen-bond acceptors (Lipinski definition) is 3. The fourth-order valence-electron chi connectivity index (χ4n) is 2.67. The maximum absolute atomic E-state index is 12.1. The number of carbonyl (C=O) groups is 1. The average Bonchev–Trinajstić information content (AvgIpc) is 2.90. The van der Waals surface area contributed by atoms with Crippen molar-refractivity contribution in [1.29, 1.82) is 0 Å². The number of carbonyl (C=O) groups excluding carboxylic acids is 1. The third-order valence-electron chi connectivity index (χ3n) is 3.70. The highest BCUT2D eigenvalue weighted by atomic mass is 35.5. The van der Waals surface area contributed by atoms with Crippen molar-refractivity contribution in [3.05, 3.63) is 29.8 Å². The molecule has 1 heterocycles. The summed E-state index contributed by atoms with van der Waals surface area (Å²) in [7, 11) is 0. The van der Waals surface area contributed by atoms with Gasteiger partial charge in [0.05, 0.1) is 12.1 Å². The molecule has 1 aliphatic rings. The molecule has 1 aliphatic heterocycles. The molecule has 1 fully saturated rings. The van der Waals surface area contributed by atoms with E-state index in [0.29, 0.717) is 12.5 Å². The second kappa shape index (κ2) is 9.01. The van der Waals surface area contributed by atoms with Crippen LogP contribution in [0.4, 0.5) is 0 Å². The summed E-state index contributed by atoms with van der Waals surface area (Å²) in [6.07, 6.45) is 2.98.